The van der Waals surface area contributed by atoms with Crippen molar-refractivity contribution in [2.75, 3.05) is 33.9 Å². The number of nitrogens with zero attached hydrogens (tertiary/aromatic N) is 2. The molecular formula is C27H36N2O6S. The van der Waals surface area contributed by atoms with Crippen molar-refractivity contribution in [3.63, 3.8) is 0 Å². The first-order chi connectivity index (χ1) is 17.1. The summed E-state index contributed by atoms with van der Waals surface area (Å²) >= 11 is 0. The van der Waals surface area contributed by atoms with Gasteiger partial charge >= 0.3 is 0 Å². The summed E-state index contributed by atoms with van der Waals surface area (Å²) in [6.07, 6.45) is 2.48. The summed E-state index contributed by atoms with van der Waals surface area (Å²) in [5.74, 6) is 0.888. The lowest BCUT2D eigenvalue weighted by atomic mass is 9.84. The number of benzene rings is 2. The van der Waals surface area contributed by atoms with Crippen LogP contribution in [-0.2, 0) is 14.8 Å². The summed E-state index contributed by atoms with van der Waals surface area (Å²) in [5.41, 5.74) is 1.65. The van der Waals surface area contributed by atoms with E-state index in [4.69, 9.17) is 9.47 Å². The predicted molar refractivity (Wildman–Crippen MR) is 137 cm³/mol. The molecule has 196 valence electrons. The molecule has 2 aromatic carbocycles. The van der Waals surface area contributed by atoms with Crippen LogP contribution in [0.1, 0.15) is 33.1 Å². The quantitative estimate of drug-likeness (QED) is 0.606. The van der Waals surface area contributed by atoms with Gasteiger partial charge in [0.2, 0.25) is 15.9 Å². The maximum Gasteiger partial charge on any atom is 0.247 e. The van der Waals surface area contributed by atoms with Crippen LogP contribution in [-0.4, -0.2) is 74.6 Å². The number of aliphatic hydroxyl groups is 1. The molecule has 4 rings (SSSR count). The van der Waals surface area contributed by atoms with Crippen molar-refractivity contribution in [2.45, 2.75) is 50.2 Å². The van der Waals surface area contributed by atoms with Crippen LogP contribution >= 0.6 is 0 Å². The van der Waals surface area contributed by atoms with Gasteiger partial charge in [-0.15, -0.1) is 0 Å². The summed E-state index contributed by atoms with van der Waals surface area (Å²) in [7, 11) is -0.550. The summed E-state index contributed by atoms with van der Waals surface area (Å²) in [4.78, 5) is 14.6. The lowest BCUT2D eigenvalue weighted by molar-refractivity contribution is -0.138. The smallest absolute Gasteiger partial charge is 0.247 e. The fourth-order valence-electron chi connectivity index (χ4n) is 4.75. The van der Waals surface area contributed by atoms with Gasteiger partial charge in [-0.25, -0.2) is 8.42 Å². The normalized spacial score (nSPS) is 22.8. The lowest BCUT2D eigenvalue weighted by Crippen LogP contribution is -2.50. The molecule has 0 radical (unpaired) electrons. The molecule has 0 unspecified atom stereocenters. The second-order valence-electron chi connectivity index (χ2n) is 9.98. The first-order valence-electron chi connectivity index (χ1n) is 12.5. The van der Waals surface area contributed by atoms with Crippen molar-refractivity contribution in [3.8, 4) is 22.6 Å². The highest BCUT2D eigenvalue weighted by Crippen LogP contribution is 2.37. The summed E-state index contributed by atoms with van der Waals surface area (Å²) in [6.45, 7) is 3.85. The number of sulfonamides is 1. The maximum absolute atomic E-state index is 13.7. The largest absolute Gasteiger partial charge is 0.497 e. The van der Waals surface area contributed by atoms with E-state index in [0.29, 0.717) is 12.3 Å². The Morgan fingerprint density at radius 3 is 2.58 bits per heavy atom. The zero-order chi connectivity index (χ0) is 26.0. The van der Waals surface area contributed by atoms with E-state index in [0.717, 1.165) is 30.4 Å². The summed E-state index contributed by atoms with van der Waals surface area (Å²) in [6, 6.07) is 12.0. The fourth-order valence-corrected chi connectivity index (χ4v) is 6.58. The SMILES string of the molecule is COc1cccc(-c2ccc3c(c2)O[C@H](CN(C)C(=O)C2CCC2)[C@@H](C)CN([C@H](C)CO)S3(=O)=O)c1. The highest BCUT2D eigenvalue weighted by atomic mass is 32.2. The molecular weight excluding hydrogens is 480 g/mol. The van der Waals surface area contributed by atoms with Crippen LogP contribution in [0.2, 0.25) is 0 Å². The molecule has 1 heterocycles. The molecule has 0 saturated heterocycles. The Morgan fingerprint density at radius 2 is 1.94 bits per heavy atom. The van der Waals surface area contributed by atoms with Gasteiger partial charge < -0.3 is 19.5 Å². The monoisotopic (exact) mass is 516 g/mol. The molecule has 0 bridgehead atoms. The first-order valence-corrected chi connectivity index (χ1v) is 13.9. The van der Waals surface area contributed by atoms with Crippen molar-refractivity contribution in [2.24, 2.45) is 11.8 Å². The van der Waals surface area contributed by atoms with E-state index >= 15 is 0 Å². The first kappa shape index (κ1) is 26.4. The zero-order valence-electron chi connectivity index (χ0n) is 21.4. The van der Waals surface area contributed by atoms with E-state index in [2.05, 4.69) is 0 Å². The van der Waals surface area contributed by atoms with Crippen molar-refractivity contribution in [3.05, 3.63) is 42.5 Å². The second kappa shape index (κ2) is 10.8. The summed E-state index contributed by atoms with van der Waals surface area (Å²) in [5, 5.41) is 9.83. The number of ether oxygens (including phenoxy) is 2. The zero-order valence-corrected chi connectivity index (χ0v) is 22.2. The Kier molecular flexibility index (Phi) is 7.92. The molecule has 36 heavy (non-hydrogen) atoms. The van der Waals surface area contributed by atoms with Crippen molar-refractivity contribution >= 4 is 15.9 Å². The molecule has 2 aromatic rings. The number of amides is 1. The standard InChI is InChI=1S/C27H36N2O6S/c1-18-15-29(19(2)17-30)36(32,33)26-12-11-22(21-9-6-10-23(13-21)34-4)14-24(26)35-25(18)16-28(3)27(31)20-7-5-8-20/h6,9-14,18-20,25,30H,5,7-8,15-17H2,1-4H3/t18-,19+,25+/m0/s1. The number of rotatable bonds is 7. The Balaban J connectivity index is 1.75. The number of methoxy groups -OCH3 is 1. The van der Waals surface area contributed by atoms with E-state index < -0.39 is 22.2 Å². The van der Waals surface area contributed by atoms with Gasteiger partial charge in [0.1, 0.15) is 22.5 Å². The van der Waals surface area contributed by atoms with Crippen molar-refractivity contribution in [1.29, 1.82) is 0 Å². The molecule has 1 aliphatic carbocycles. The van der Waals surface area contributed by atoms with Gasteiger partial charge in [0.05, 0.1) is 20.3 Å². The third-order valence-corrected chi connectivity index (χ3v) is 9.37. The minimum atomic E-state index is -3.93. The number of carbonyl (C=O) groups is 1. The Hall–Kier alpha value is -2.62. The maximum atomic E-state index is 13.7. The molecule has 1 N–H and O–H groups in total. The van der Waals surface area contributed by atoms with Gasteiger partial charge in [0, 0.05) is 31.5 Å². The molecule has 0 spiro atoms. The molecule has 3 atom stereocenters. The molecule has 1 aliphatic heterocycles. The highest BCUT2D eigenvalue weighted by Gasteiger charge is 2.39. The predicted octanol–water partition coefficient (Wildman–Crippen LogP) is 3.39. The van der Waals surface area contributed by atoms with Crippen LogP contribution in [0.5, 0.6) is 11.5 Å². The molecule has 1 fully saturated rings. The van der Waals surface area contributed by atoms with E-state index in [1.807, 2.05) is 31.2 Å². The Bertz CT molecular complexity index is 1200. The molecule has 2 aliphatic rings. The molecule has 1 amide bonds. The van der Waals surface area contributed by atoms with Crippen molar-refractivity contribution < 1.29 is 27.8 Å². The summed E-state index contributed by atoms with van der Waals surface area (Å²) < 4.78 is 40.5. The van der Waals surface area contributed by atoms with Crippen LogP contribution in [0.25, 0.3) is 11.1 Å². The minimum Gasteiger partial charge on any atom is -0.497 e. The number of carbonyl (C=O) groups excluding carboxylic acids is 1. The Labute approximate surface area is 213 Å². The minimum absolute atomic E-state index is 0.0549. The number of hydrogen-bond acceptors (Lipinski definition) is 6. The van der Waals surface area contributed by atoms with E-state index in [9.17, 15) is 18.3 Å². The van der Waals surface area contributed by atoms with Gasteiger partial charge in [0.15, 0.2) is 0 Å². The average molecular weight is 517 g/mol. The molecule has 9 heteroatoms. The molecule has 1 saturated carbocycles. The molecule has 0 aromatic heterocycles. The highest BCUT2D eigenvalue weighted by molar-refractivity contribution is 7.89. The van der Waals surface area contributed by atoms with E-state index in [1.54, 1.807) is 44.2 Å². The second-order valence-corrected chi connectivity index (χ2v) is 11.8. The lowest BCUT2D eigenvalue weighted by Gasteiger charge is -2.38. The van der Waals surface area contributed by atoms with Crippen LogP contribution in [0.4, 0.5) is 0 Å². The topological polar surface area (TPSA) is 96.4 Å². The van der Waals surface area contributed by atoms with Gasteiger partial charge in [0.25, 0.3) is 0 Å². The van der Waals surface area contributed by atoms with Gasteiger partial charge in [-0.2, -0.15) is 4.31 Å². The van der Waals surface area contributed by atoms with Crippen LogP contribution < -0.4 is 9.47 Å². The van der Waals surface area contributed by atoms with Gasteiger partial charge in [-0.05, 0) is 55.2 Å². The molecule has 8 nitrogen and oxygen atoms in total. The average Bonchev–Trinajstić information content (AvgIpc) is 2.84. The number of likely N-dealkylation sites (N-methyl/N-ethyl adjacent to an activating group) is 1. The van der Waals surface area contributed by atoms with Crippen LogP contribution in [0.15, 0.2) is 47.4 Å². The van der Waals surface area contributed by atoms with Crippen LogP contribution in [0, 0.1) is 11.8 Å². The van der Waals surface area contributed by atoms with Gasteiger partial charge in [-0.1, -0.05) is 31.5 Å². The number of fused-ring (bicyclic) bond motifs is 1. The van der Waals surface area contributed by atoms with E-state index in [-0.39, 0.29) is 41.5 Å². The fraction of sp³-hybridized carbons (Fsp3) is 0.519. The third kappa shape index (κ3) is 5.23. The Morgan fingerprint density at radius 1 is 1.22 bits per heavy atom. The number of hydrogen-bond donors (Lipinski definition) is 1. The third-order valence-electron chi connectivity index (χ3n) is 7.35. The van der Waals surface area contributed by atoms with Gasteiger partial charge in [-0.3, -0.25) is 4.79 Å². The van der Waals surface area contributed by atoms with E-state index in [1.165, 1.54) is 4.31 Å². The van der Waals surface area contributed by atoms with Crippen molar-refractivity contribution in [1.82, 2.24) is 9.21 Å². The van der Waals surface area contributed by atoms with Crippen LogP contribution in [0.3, 0.4) is 0 Å². The number of aliphatic hydroxyl groups excluding tert-OH is 1.